The Kier molecular flexibility index (Phi) is 4.98. The molecule has 1 heterocycles. The van der Waals surface area contributed by atoms with Crippen molar-refractivity contribution in [3.05, 3.63) is 22.5 Å². The number of nitrogens with one attached hydrogen (secondary N) is 1. The topological polar surface area (TPSA) is 73.4 Å². The van der Waals surface area contributed by atoms with Crippen molar-refractivity contribution in [2.45, 2.75) is 47.1 Å². The number of carbonyl (C=O) groups is 2. The highest BCUT2D eigenvalue weighted by Crippen LogP contribution is 2.21. The number of hydrogen-bond acceptors (Lipinski definition) is 2. The van der Waals surface area contributed by atoms with Gasteiger partial charge in [0, 0.05) is 18.8 Å². The fraction of sp³-hybridized carbons (Fsp3) is 0.600. The predicted octanol–water partition coefficient (Wildman–Crippen LogP) is 2.84. The summed E-state index contributed by atoms with van der Waals surface area (Å²) in [7, 11) is 1.77. The summed E-state index contributed by atoms with van der Waals surface area (Å²) in [4.78, 5) is 28.1. The largest absolute Gasteiger partial charge is 0.477 e. The SMILES string of the molecule is Cc1[nH]c(C(=O)O)c(C)c1C(=O)N(C)C(C)CC(C)C. The molecule has 0 saturated heterocycles. The maximum absolute atomic E-state index is 12.6. The van der Waals surface area contributed by atoms with Crippen molar-refractivity contribution in [3.8, 4) is 0 Å². The number of aromatic carboxylic acids is 1. The van der Waals surface area contributed by atoms with Crippen molar-refractivity contribution in [1.29, 1.82) is 0 Å². The Morgan fingerprint density at radius 2 is 1.80 bits per heavy atom. The minimum Gasteiger partial charge on any atom is -0.477 e. The van der Waals surface area contributed by atoms with E-state index in [0.29, 0.717) is 22.7 Å². The summed E-state index contributed by atoms with van der Waals surface area (Å²) in [6, 6.07) is 0.115. The van der Waals surface area contributed by atoms with E-state index in [4.69, 9.17) is 5.11 Å². The van der Waals surface area contributed by atoms with Gasteiger partial charge in [-0.05, 0) is 38.7 Å². The second kappa shape index (κ2) is 6.11. The molecule has 0 bridgehead atoms. The predicted molar refractivity (Wildman–Crippen MR) is 78.2 cm³/mol. The van der Waals surface area contributed by atoms with E-state index in [-0.39, 0.29) is 17.6 Å². The Bertz CT molecular complexity index is 517. The van der Waals surface area contributed by atoms with Crippen LogP contribution in [0.15, 0.2) is 0 Å². The number of aromatic nitrogens is 1. The molecule has 20 heavy (non-hydrogen) atoms. The van der Waals surface area contributed by atoms with E-state index < -0.39 is 5.97 Å². The summed E-state index contributed by atoms with van der Waals surface area (Å²) in [5.74, 6) is -0.664. The molecule has 0 saturated carbocycles. The number of rotatable bonds is 5. The molecule has 5 nitrogen and oxygen atoms in total. The van der Waals surface area contributed by atoms with Crippen LogP contribution in [-0.4, -0.2) is 40.0 Å². The third-order valence-corrected chi connectivity index (χ3v) is 3.66. The molecule has 112 valence electrons. The molecule has 1 aromatic heterocycles. The van der Waals surface area contributed by atoms with Crippen LogP contribution in [-0.2, 0) is 0 Å². The lowest BCUT2D eigenvalue weighted by Crippen LogP contribution is -2.36. The smallest absolute Gasteiger partial charge is 0.352 e. The van der Waals surface area contributed by atoms with Gasteiger partial charge in [-0.25, -0.2) is 4.79 Å². The van der Waals surface area contributed by atoms with Crippen molar-refractivity contribution in [2.75, 3.05) is 7.05 Å². The lowest BCUT2D eigenvalue weighted by Gasteiger charge is -2.26. The Labute approximate surface area is 120 Å². The highest BCUT2D eigenvalue weighted by atomic mass is 16.4. The van der Waals surface area contributed by atoms with Gasteiger partial charge in [-0.2, -0.15) is 0 Å². The average Bonchev–Trinajstić information content (AvgIpc) is 2.62. The Hall–Kier alpha value is -1.78. The molecule has 0 aliphatic heterocycles. The molecule has 2 N–H and O–H groups in total. The monoisotopic (exact) mass is 280 g/mol. The zero-order valence-corrected chi connectivity index (χ0v) is 13.1. The minimum absolute atomic E-state index is 0.0933. The van der Waals surface area contributed by atoms with Crippen molar-refractivity contribution in [2.24, 2.45) is 5.92 Å². The van der Waals surface area contributed by atoms with Gasteiger partial charge in [-0.3, -0.25) is 4.79 Å². The van der Waals surface area contributed by atoms with Crippen molar-refractivity contribution in [1.82, 2.24) is 9.88 Å². The Morgan fingerprint density at radius 1 is 1.25 bits per heavy atom. The highest BCUT2D eigenvalue weighted by molar-refractivity contribution is 6.00. The second-order valence-corrected chi connectivity index (χ2v) is 5.82. The van der Waals surface area contributed by atoms with E-state index in [1.807, 2.05) is 6.92 Å². The molecular formula is C15H24N2O3. The van der Waals surface area contributed by atoms with Crippen LogP contribution in [0, 0.1) is 19.8 Å². The third-order valence-electron chi connectivity index (χ3n) is 3.66. The van der Waals surface area contributed by atoms with Gasteiger partial charge in [0.25, 0.3) is 5.91 Å². The van der Waals surface area contributed by atoms with Gasteiger partial charge in [-0.15, -0.1) is 0 Å². The fourth-order valence-corrected chi connectivity index (χ4v) is 2.50. The molecule has 1 rings (SSSR count). The standard InChI is InChI=1S/C15H24N2O3/c1-8(2)7-9(3)17(6)14(18)12-10(4)13(15(19)20)16-11(12)5/h8-9,16H,7H2,1-6H3,(H,19,20). The quantitative estimate of drug-likeness (QED) is 0.871. The van der Waals surface area contributed by atoms with Crippen LogP contribution in [0.5, 0.6) is 0 Å². The summed E-state index contributed by atoms with van der Waals surface area (Å²) in [5, 5.41) is 9.10. The summed E-state index contributed by atoms with van der Waals surface area (Å²) < 4.78 is 0. The molecule has 1 aromatic rings. The van der Waals surface area contributed by atoms with Gasteiger partial charge >= 0.3 is 5.97 Å². The number of carboxylic acids is 1. The summed E-state index contributed by atoms with van der Waals surface area (Å²) >= 11 is 0. The van der Waals surface area contributed by atoms with Crippen LogP contribution in [0.3, 0.4) is 0 Å². The second-order valence-electron chi connectivity index (χ2n) is 5.82. The van der Waals surface area contributed by atoms with E-state index in [9.17, 15) is 9.59 Å². The van der Waals surface area contributed by atoms with E-state index >= 15 is 0 Å². The molecule has 0 radical (unpaired) electrons. The molecule has 1 atom stereocenters. The van der Waals surface area contributed by atoms with E-state index in [1.54, 1.807) is 25.8 Å². The lowest BCUT2D eigenvalue weighted by atomic mass is 10.0. The number of aryl methyl sites for hydroxylation is 1. The summed E-state index contributed by atoms with van der Waals surface area (Å²) in [6.45, 7) is 9.64. The maximum Gasteiger partial charge on any atom is 0.352 e. The number of hydrogen-bond donors (Lipinski definition) is 2. The van der Waals surface area contributed by atoms with Gasteiger partial charge < -0.3 is 15.0 Å². The molecule has 1 amide bonds. The lowest BCUT2D eigenvalue weighted by molar-refractivity contribution is 0.0690. The van der Waals surface area contributed by atoms with Crippen LogP contribution in [0.25, 0.3) is 0 Å². The van der Waals surface area contributed by atoms with Crippen molar-refractivity contribution in [3.63, 3.8) is 0 Å². The van der Waals surface area contributed by atoms with Gasteiger partial charge in [0.05, 0.1) is 5.56 Å². The van der Waals surface area contributed by atoms with Crippen LogP contribution in [0.2, 0.25) is 0 Å². The molecule has 0 fully saturated rings. The summed E-state index contributed by atoms with van der Waals surface area (Å²) in [5.41, 5.74) is 1.67. The maximum atomic E-state index is 12.6. The van der Waals surface area contributed by atoms with Gasteiger partial charge in [0.2, 0.25) is 0 Å². The van der Waals surface area contributed by atoms with Crippen molar-refractivity contribution >= 4 is 11.9 Å². The molecular weight excluding hydrogens is 256 g/mol. The molecule has 0 spiro atoms. The van der Waals surface area contributed by atoms with Crippen LogP contribution in [0.4, 0.5) is 0 Å². The molecule has 0 aliphatic carbocycles. The minimum atomic E-state index is -1.04. The number of nitrogens with zero attached hydrogens (tertiary/aromatic N) is 1. The normalized spacial score (nSPS) is 12.6. The highest BCUT2D eigenvalue weighted by Gasteiger charge is 2.26. The average molecular weight is 280 g/mol. The first-order chi connectivity index (χ1) is 9.16. The van der Waals surface area contributed by atoms with Gasteiger partial charge in [0.15, 0.2) is 0 Å². The van der Waals surface area contributed by atoms with Crippen molar-refractivity contribution < 1.29 is 14.7 Å². The number of H-pyrrole nitrogens is 1. The van der Waals surface area contributed by atoms with Crippen LogP contribution in [0.1, 0.15) is 59.3 Å². The number of aromatic amines is 1. The van der Waals surface area contributed by atoms with E-state index in [1.165, 1.54) is 0 Å². The number of carboxylic acid groups (broad SMARTS) is 1. The van der Waals surface area contributed by atoms with Crippen LogP contribution >= 0.6 is 0 Å². The first-order valence-electron chi connectivity index (χ1n) is 6.86. The van der Waals surface area contributed by atoms with Crippen LogP contribution < -0.4 is 0 Å². The first-order valence-corrected chi connectivity index (χ1v) is 6.86. The Morgan fingerprint density at radius 3 is 2.20 bits per heavy atom. The molecule has 0 aliphatic rings. The number of amides is 1. The van der Waals surface area contributed by atoms with Gasteiger partial charge in [0.1, 0.15) is 5.69 Å². The molecule has 0 aromatic carbocycles. The zero-order chi connectivity index (χ0) is 15.6. The fourth-order valence-electron chi connectivity index (χ4n) is 2.50. The molecule has 1 unspecified atom stereocenters. The van der Waals surface area contributed by atoms with E-state index in [2.05, 4.69) is 18.8 Å². The summed E-state index contributed by atoms with van der Waals surface area (Å²) in [6.07, 6.45) is 0.913. The first kappa shape index (κ1) is 16.3. The Balaban J connectivity index is 3.06. The third kappa shape index (κ3) is 3.21. The van der Waals surface area contributed by atoms with E-state index in [0.717, 1.165) is 6.42 Å². The zero-order valence-electron chi connectivity index (χ0n) is 13.1. The van der Waals surface area contributed by atoms with Gasteiger partial charge in [-0.1, -0.05) is 13.8 Å². The number of carbonyl (C=O) groups excluding carboxylic acids is 1. The molecule has 5 heteroatoms.